The summed E-state index contributed by atoms with van der Waals surface area (Å²) in [7, 11) is 0. The van der Waals surface area contributed by atoms with Gasteiger partial charge in [0.25, 0.3) is 0 Å². The van der Waals surface area contributed by atoms with E-state index in [-0.39, 0.29) is 6.04 Å². The first-order chi connectivity index (χ1) is 10.2. The van der Waals surface area contributed by atoms with Gasteiger partial charge in [0.05, 0.1) is 11.0 Å². The number of hydrogen-bond donors (Lipinski definition) is 3. The monoisotopic (exact) mass is 289 g/mol. The molecule has 0 fully saturated rings. The molecular formula is C16H23N3O2. The summed E-state index contributed by atoms with van der Waals surface area (Å²) in [4.78, 5) is 28.0. The maximum Gasteiger partial charge on any atom is 0.314 e. The smallest absolute Gasteiger partial charge is 0.314 e. The molecule has 0 spiro atoms. The van der Waals surface area contributed by atoms with Gasteiger partial charge in [-0.3, -0.25) is 9.59 Å². The highest BCUT2D eigenvalue weighted by atomic mass is 16.2. The molecule has 0 amide bonds. The van der Waals surface area contributed by atoms with Crippen molar-refractivity contribution in [1.29, 1.82) is 0 Å². The summed E-state index contributed by atoms with van der Waals surface area (Å²) in [6.45, 7) is 5.29. The molecule has 5 nitrogen and oxygen atoms in total. The Morgan fingerprint density at radius 1 is 1.05 bits per heavy atom. The molecule has 0 saturated heterocycles. The van der Waals surface area contributed by atoms with Crippen molar-refractivity contribution < 1.29 is 0 Å². The highest BCUT2D eigenvalue weighted by Gasteiger charge is 2.11. The van der Waals surface area contributed by atoms with Crippen molar-refractivity contribution in [2.45, 2.75) is 45.6 Å². The Kier molecular flexibility index (Phi) is 5.33. The lowest BCUT2D eigenvalue weighted by molar-refractivity contribution is 0.481. The molecule has 1 unspecified atom stereocenters. The van der Waals surface area contributed by atoms with Crippen LogP contribution < -0.4 is 16.4 Å². The van der Waals surface area contributed by atoms with E-state index in [0.717, 1.165) is 37.8 Å². The summed E-state index contributed by atoms with van der Waals surface area (Å²) in [5.74, 6) is 0. The molecule has 21 heavy (non-hydrogen) atoms. The van der Waals surface area contributed by atoms with E-state index in [1.165, 1.54) is 0 Å². The zero-order valence-corrected chi connectivity index (χ0v) is 12.7. The highest BCUT2D eigenvalue weighted by Crippen LogP contribution is 2.21. The zero-order chi connectivity index (χ0) is 15.2. The molecule has 1 aromatic carbocycles. The summed E-state index contributed by atoms with van der Waals surface area (Å²) in [6.07, 6.45) is 4.46. The lowest BCUT2D eigenvalue weighted by Crippen LogP contribution is -2.29. The standard InChI is InChI=1S/C16H23N3O2/c1-3-5-6-12(17-9-4-2)11-7-8-13-14(10-11)19-16(21)15(20)18-13/h7-8,10,12,17H,3-6,9H2,1-2H3,(H,18,20)(H,19,21). The fraction of sp³-hybridized carbons (Fsp3) is 0.500. The molecule has 0 aliphatic carbocycles. The molecule has 5 heteroatoms. The predicted octanol–water partition coefficient (Wildman–Crippen LogP) is 2.45. The van der Waals surface area contributed by atoms with Gasteiger partial charge in [-0.1, -0.05) is 32.8 Å². The Hall–Kier alpha value is -1.88. The second-order valence-electron chi connectivity index (χ2n) is 5.36. The van der Waals surface area contributed by atoms with Gasteiger partial charge in [0.2, 0.25) is 0 Å². The number of aromatic amines is 2. The summed E-state index contributed by atoms with van der Waals surface area (Å²) >= 11 is 0. The minimum atomic E-state index is -0.609. The molecule has 2 aromatic rings. The van der Waals surface area contributed by atoms with Crippen LogP contribution >= 0.6 is 0 Å². The van der Waals surface area contributed by atoms with Gasteiger partial charge in [0.15, 0.2) is 0 Å². The van der Waals surface area contributed by atoms with E-state index in [4.69, 9.17) is 0 Å². The SMILES string of the molecule is CCCCC(NCCC)c1ccc2[nH]c(=O)c(=O)[nH]c2c1. The number of aromatic nitrogens is 2. The molecular weight excluding hydrogens is 266 g/mol. The van der Waals surface area contributed by atoms with Crippen LogP contribution in [-0.2, 0) is 0 Å². The average Bonchev–Trinajstić information content (AvgIpc) is 2.48. The third kappa shape index (κ3) is 3.82. The maximum atomic E-state index is 11.4. The summed E-state index contributed by atoms with van der Waals surface area (Å²) < 4.78 is 0. The van der Waals surface area contributed by atoms with Gasteiger partial charge in [-0.15, -0.1) is 0 Å². The Morgan fingerprint density at radius 3 is 2.43 bits per heavy atom. The van der Waals surface area contributed by atoms with Crippen LogP contribution in [0.5, 0.6) is 0 Å². The van der Waals surface area contributed by atoms with Gasteiger partial charge < -0.3 is 15.3 Å². The Bertz CT molecular complexity index is 694. The van der Waals surface area contributed by atoms with Crippen LogP contribution in [0.2, 0.25) is 0 Å². The van der Waals surface area contributed by atoms with Crippen molar-refractivity contribution >= 4 is 11.0 Å². The maximum absolute atomic E-state index is 11.4. The van der Waals surface area contributed by atoms with Gasteiger partial charge in [0, 0.05) is 6.04 Å². The number of benzene rings is 1. The van der Waals surface area contributed by atoms with E-state index >= 15 is 0 Å². The van der Waals surface area contributed by atoms with E-state index < -0.39 is 11.1 Å². The van der Waals surface area contributed by atoms with Crippen molar-refractivity contribution in [1.82, 2.24) is 15.3 Å². The molecule has 0 bridgehead atoms. The van der Waals surface area contributed by atoms with Gasteiger partial charge in [0.1, 0.15) is 0 Å². The minimum Gasteiger partial charge on any atom is -0.316 e. The van der Waals surface area contributed by atoms with E-state index in [0.29, 0.717) is 11.0 Å². The zero-order valence-electron chi connectivity index (χ0n) is 12.7. The molecule has 3 N–H and O–H groups in total. The highest BCUT2D eigenvalue weighted by molar-refractivity contribution is 5.74. The third-order valence-electron chi connectivity index (χ3n) is 3.64. The average molecular weight is 289 g/mol. The van der Waals surface area contributed by atoms with Crippen LogP contribution in [0.25, 0.3) is 11.0 Å². The molecule has 0 aliphatic rings. The van der Waals surface area contributed by atoms with Crippen molar-refractivity contribution in [3.8, 4) is 0 Å². The van der Waals surface area contributed by atoms with E-state index in [1.54, 1.807) is 0 Å². The second kappa shape index (κ2) is 7.22. The first-order valence-electron chi connectivity index (χ1n) is 7.65. The van der Waals surface area contributed by atoms with Crippen LogP contribution in [0, 0.1) is 0 Å². The minimum absolute atomic E-state index is 0.282. The van der Waals surface area contributed by atoms with Crippen molar-refractivity contribution in [2.24, 2.45) is 0 Å². The number of H-pyrrole nitrogens is 2. The fourth-order valence-corrected chi connectivity index (χ4v) is 2.46. The third-order valence-corrected chi connectivity index (χ3v) is 3.64. The van der Waals surface area contributed by atoms with Crippen LogP contribution in [-0.4, -0.2) is 16.5 Å². The van der Waals surface area contributed by atoms with E-state index in [1.807, 2.05) is 18.2 Å². The molecule has 0 aliphatic heterocycles. The molecule has 1 aromatic heterocycles. The number of hydrogen-bond acceptors (Lipinski definition) is 3. The number of rotatable bonds is 7. The van der Waals surface area contributed by atoms with E-state index in [9.17, 15) is 9.59 Å². The summed E-state index contributed by atoms with van der Waals surface area (Å²) in [6, 6.07) is 6.11. The molecule has 0 radical (unpaired) electrons. The van der Waals surface area contributed by atoms with Gasteiger partial charge in [-0.2, -0.15) is 0 Å². The van der Waals surface area contributed by atoms with Crippen LogP contribution in [0.4, 0.5) is 0 Å². The number of nitrogens with one attached hydrogen (secondary N) is 3. The normalized spacial score (nSPS) is 12.7. The van der Waals surface area contributed by atoms with Crippen LogP contribution in [0.15, 0.2) is 27.8 Å². The first-order valence-corrected chi connectivity index (χ1v) is 7.65. The lowest BCUT2D eigenvalue weighted by Gasteiger charge is -2.19. The number of fused-ring (bicyclic) bond motifs is 1. The molecule has 2 rings (SSSR count). The molecule has 114 valence electrons. The van der Waals surface area contributed by atoms with Gasteiger partial charge >= 0.3 is 11.1 Å². The number of unbranched alkanes of at least 4 members (excludes halogenated alkanes) is 1. The topological polar surface area (TPSA) is 77.8 Å². The molecule has 0 saturated carbocycles. The van der Waals surface area contributed by atoms with E-state index in [2.05, 4.69) is 29.1 Å². The quantitative estimate of drug-likeness (QED) is 0.685. The second-order valence-corrected chi connectivity index (χ2v) is 5.36. The first kappa shape index (κ1) is 15.5. The van der Waals surface area contributed by atoms with Crippen LogP contribution in [0.3, 0.4) is 0 Å². The fourth-order valence-electron chi connectivity index (χ4n) is 2.46. The van der Waals surface area contributed by atoms with Gasteiger partial charge in [-0.05, 0) is 37.1 Å². The predicted molar refractivity (Wildman–Crippen MR) is 85.7 cm³/mol. The Balaban J connectivity index is 2.35. The van der Waals surface area contributed by atoms with Crippen molar-refractivity contribution in [2.75, 3.05) is 6.54 Å². The molecule has 1 heterocycles. The van der Waals surface area contributed by atoms with Crippen molar-refractivity contribution in [3.05, 3.63) is 44.5 Å². The van der Waals surface area contributed by atoms with Crippen LogP contribution in [0.1, 0.15) is 51.1 Å². The molecule has 1 atom stereocenters. The Labute approximate surface area is 123 Å². The van der Waals surface area contributed by atoms with Crippen molar-refractivity contribution in [3.63, 3.8) is 0 Å². The summed E-state index contributed by atoms with van der Waals surface area (Å²) in [5, 5.41) is 3.55. The Morgan fingerprint density at radius 2 is 1.76 bits per heavy atom. The lowest BCUT2D eigenvalue weighted by atomic mass is 10.0. The summed E-state index contributed by atoms with van der Waals surface area (Å²) in [5.41, 5.74) is 1.27. The van der Waals surface area contributed by atoms with Gasteiger partial charge in [-0.25, -0.2) is 0 Å². The largest absolute Gasteiger partial charge is 0.316 e.